The van der Waals surface area contributed by atoms with Crippen molar-refractivity contribution in [2.45, 2.75) is 75.5 Å². The summed E-state index contributed by atoms with van der Waals surface area (Å²) in [6.45, 7) is 11.2. The molecule has 3 aliphatic rings. The number of likely N-dealkylation sites (tertiary alicyclic amines) is 1. The van der Waals surface area contributed by atoms with Gasteiger partial charge >= 0.3 is 5.97 Å². The Labute approximate surface area is 276 Å². The minimum absolute atomic E-state index is 0.0481. The maximum absolute atomic E-state index is 14.7. The molecule has 3 saturated heterocycles. The lowest BCUT2D eigenvalue weighted by Gasteiger charge is -2.40. The van der Waals surface area contributed by atoms with Gasteiger partial charge in [-0.05, 0) is 44.2 Å². The van der Waals surface area contributed by atoms with Crippen LogP contribution >= 0.6 is 0 Å². The van der Waals surface area contributed by atoms with Gasteiger partial charge in [-0.3, -0.25) is 19.2 Å². The number of nitrogens with zero attached hydrogens (tertiary/aromatic N) is 2. The first-order valence-corrected chi connectivity index (χ1v) is 16.4. The van der Waals surface area contributed by atoms with Crippen LogP contribution in [-0.4, -0.2) is 82.1 Å². The summed E-state index contributed by atoms with van der Waals surface area (Å²) in [6, 6.07) is 16.1. The van der Waals surface area contributed by atoms with Crippen molar-refractivity contribution in [1.29, 1.82) is 0 Å². The molecule has 2 aromatic carbocycles. The van der Waals surface area contributed by atoms with Crippen LogP contribution in [0.15, 0.2) is 86.0 Å². The Morgan fingerprint density at radius 2 is 1.74 bits per heavy atom. The zero-order valence-electron chi connectivity index (χ0n) is 27.1. The van der Waals surface area contributed by atoms with Gasteiger partial charge in [0.25, 0.3) is 0 Å². The minimum atomic E-state index is -1.28. The van der Waals surface area contributed by atoms with Crippen LogP contribution < -0.4 is 5.32 Å². The molecule has 0 saturated carbocycles. The predicted octanol–water partition coefficient (Wildman–Crippen LogP) is 3.88. The van der Waals surface area contributed by atoms with E-state index in [4.69, 9.17) is 9.47 Å². The molecule has 3 heterocycles. The van der Waals surface area contributed by atoms with E-state index in [0.29, 0.717) is 30.4 Å². The molecule has 3 aliphatic heterocycles. The Hall–Kier alpha value is -4.28. The zero-order chi connectivity index (χ0) is 33.7. The summed E-state index contributed by atoms with van der Waals surface area (Å²) in [7, 11) is 0. The van der Waals surface area contributed by atoms with E-state index in [2.05, 4.69) is 18.5 Å². The molecule has 47 heavy (non-hydrogen) atoms. The van der Waals surface area contributed by atoms with Crippen molar-refractivity contribution in [3.05, 3.63) is 97.1 Å². The molecule has 3 amide bonds. The number of nitrogens with one attached hydrogen (secondary N) is 1. The van der Waals surface area contributed by atoms with Gasteiger partial charge in [0.05, 0.1) is 37.1 Å². The van der Waals surface area contributed by atoms with Crippen LogP contribution in [0.5, 0.6) is 0 Å². The highest BCUT2D eigenvalue weighted by molar-refractivity contribution is 5.98. The Kier molecular flexibility index (Phi) is 10.6. The van der Waals surface area contributed by atoms with E-state index in [-0.39, 0.29) is 37.4 Å². The fourth-order valence-corrected chi connectivity index (χ4v) is 7.50. The van der Waals surface area contributed by atoms with Crippen molar-refractivity contribution in [1.82, 2.24) is 15.1 Å². The number of esters is 1. The van der Waals surface area contributed by atoms with Crippen molar-refractivity contribution in [3.8, 4) is 0 Å². The van der Waals surface area contributed by atoms with E-state index >= 15 is 0 Å². The number of hydrogen-bond donors (Lipinski definition) is 2. The second kappa shape index (κ2) is 14.6. The second-order valence-electron chi connectivity index (χ2n) is 12.8. The summed E-state index contributed by atoms with van der Waals surface area (Å²) in [4.78, 5) is 58.9. The lowest BCUT2D eigenvalue weighted by atomic mass is 9.70. The van der Waals surface area contributed by atoms with Crippen LogP contribution in [0, 0.1) is 11.8 Å². The highest BCUT2D eigenvalue weighted by Gasteiger charge is 2.76. The SMILES string of the molecule is C=CCCC(=O)NC[C@H](OC(=O)[C@@H]1[C@H]2C(=O)N([C@H](CO)c3ccccc3)[C@H](C(=O)N(CC=C)C(C)C)[C@]23CC[C@H]1O3)c1ccccc1. The summed E-state index contributed by atoms with van der Waals surface area (Å²) in [6.07, 6.45) is 3.52. The number of amides is 3. The topological polar surface area (TPSA) is 125 Å². The van der Waals surface area contributed by atoms with Crippen LogP contribution in [0.4, 0.5) is 0 Å². The molecule has 5 rings (SSSR count). The molecule has 3 fully saturated rings. The van der Waals surface area contributed by atoms with Gasteiger partial charge in [-0.15, -0.1) is 13.2 Å². The highest BCUT2D eigenvalue weighted by Crippen LogP contribution is 2.60. The van der Waals surface area contributed by atoms with Gasteiger partial charge in [0.1, 0.15) is 17.7 Å². The summed E-state index contributed by atoms with van der Waals surface area (Å²) >= 11 is 0. The summed E-state index contributed by atoms with van der Waals surface area (Å²) in [5.74, 6) is -3.52. The number of ether oxygens (including phenoxy) is 2. The minimum Gasteiger partial charge on any atom is -0.455 e. The third kappa shape index (κ3) is 6.49. The lowest BCUT2D eigenvalue weighted by Crippen LogP contribution is -2.58. The van der Waals surface area contributed by atoms with Crippen LogP contribution in [0.1, 0.15) is 62.8 Å². The molecule has 0 unspecified atom stereocenters. The third-order valence-corrected chi connectivity index (χ3v) is 9.66. The number of carbonyl (C=O) groups is 4. The average molecular weight is 644 g/mol. The maximum atomic E-state index is 14.7. The van der Waals surface area contributed by atoms with Crippen molar-refractivity contribution in [3.63, 3.8) is 0 Å². The highest BCUT2D eigenvalue weighted by atomic mass is 16.6. The van der Waals surface area contributed by atoms with E-state index < -0.39 is 60.2 Å². The number of rotatable bonds is 15. The molecular weight excluding hydrogens is 598 g/mol. The van der Waals surface area contributed by atoms with Gasteiger partial charge in [-0.1, -0.05) is 72.8 Å². The molecule has 0 aliphatic carbocycles. The number of benzene rings is 2. The molecule has 250 valence electrons. The largest absolute Gasteiger partial charge is 0.455 e. The lowest BCUT2D eigenvalue weighted by molar-refractivity contribution is -0.161. The number of aliphatic hydroxyl groups excluding tert-OH is 1. The van der Waals surface area contributed by atoms with Crippen LogP contribution in [0.3, 0.4) is 0 Å². The quantitative estimate of drug-likeness (QED) is 0.223. The van der Waals surface area contributed by atoms with Gasteiger partial charge in [0.2, 0.25) is 17.7 Å². The summed E-state index contributed by atoms with van der Waals surface area (Å²) in [5.41, 5.74) is 0.0834. The zero-order valence-corrected chi connectivity index (χ0v) is 27.1. The molecule has 2 N–H and O–H groups in total. The van der Waals surface area contributed by atoms with E-state index in [1.165, 1.54) is 4.90 Å². The smallest absolute Gasteiger partial charge is 0.313 e. The Balaban J connectivity index is 1.50. The molecule has 0 aromatic heterocycles. The normalized spacial score (nSPS) is 25.6. The Bertz CT molecular complexity index is 1460. The summed E-state index contributed by atoms with van der Waals surface area (Å²) < 4.78 is 12.7. The van der Waals surface area contributed by atoms with Crippen LogP contribution in [-0.2, 0) is 28.7 Å². The maximum Gasteiger partial charge on any atom is 0.313 e. The first-order valence-electron chi connectivity index (χ1n) is 16.4. The molecule has 10 heteroatoms. The van der Waals surface area contributed by atoms with E-state index in [0.717, 1.165) is 0 Å². The van der Waals surface area contributed by atoms with Crippen LogP contribution in [0.25, 0.3) is 0 Å². The Morgan fingerprint density at radius 3 is 2.34 bits per heavy atom. The van der Waals surface area contributed by atoms with E-state index in [1.54, 1.807) is 17.1 Å². The third-order valence-electron chi connectivity index (χ3n) is 9.66. The monoisotopic (exact) mass is 643 g/mol. The fraction of sp³-hybridized carbons (Fsp3) is 0.459. The van der Waals surface area contributed by atoms with Gasteiger partial charge in [-0.2, -0.15) is 0 Å². The number of hydrogen-bond acceptors (Lipinski definition) is 7. The van der Waals surface area contributed by atoms with E-state index in [9.17, 15) is 24.3 Å². The molecule has 7 atom stereocenters. The van der Waals surface area contributed by atoms with Crippen molar-refractivity contribution >= 4 is 23.7 Å². The molecule has 2 bridgehead atoms. The second-order valence-corrected chi connectivity index (χ2v) is 12.8. The fourth-order valence-electron chi connectivity index (χ4n) is 7.50. The number of aliphatic hydroxyl groups is 1. The van der Waals surface area contributed by atoms with Crippen molar-refractivity contribution in [2.75, 3.05) is 19.7 Å². The standard InChI is InChI=1S/C37H45N3O7/c1-5-7-18-30(42)38-22-29(26-16-12-9-13-17-26)46-36(45)31-28-19-20-37(47-28)32(31)34(43)40(27(23-41)25-14-10-8-11-15-25)33(37)35(44)39(21-6-2)24(3)4/h5-6,8-17,24,27-29,31-33,41H,1-2,7,18-23H2,3-4H3,(H,38,42)/t27-,28-,29+,31+,32+,33-,37+/m1/s1. The first-order chi connectivity index (χ1) is 22.7. The van der Waals surface area contributed by atoms with Crippen molar-refractivity contribution in [2.24, 2.45) is 11.8 Å². The Morgan fingerprint density at radius 1 is 1.09 bits per heavy atom. The first kappa shape index (κ1) is 34.1. The molecule has 10 nitrogen and oxygen atoms in total. The number of fused-ring (bicyclic) bond motifs is 1. The predicted molar refractivity (Wildman–Crippen MR) is 175 cm³/mol. The van der Waals surface area contributed by atoms with Gasteiger partial charge in [0, 0.05) is 19.0 Å². The number of carbonyl (C=O) groups excluding carboxylic acids is 4. The van der Waals surface area contributed by atoms with Crippen LogP contribution in [0.2, 0.25) is 0 Å². The number of allylic oxidation sites excluding steroid dienone is 1. The van der Waals surface area contributed by atoms with Gasteiger partial charge < -0.3 is 29.7 Å². The van der Waals surface area contributed by atoms with Gasteiger partial charge in [-0.25, -0.2) is 0 Å². The van der Waals surface area contributed by atoms with Crippen molar-refractivity contribution < 1.29 is 33.8 Å². The van der Waals surface area contributed by atoms with Gasteiger partial charge in [0.15, 0.2) is 0 Å². The summed E-state index contributed by atoms with van der Waals surface area (Å²) in [5, 5.41) is 13.6. The molecule has 2 aromatic rings. The molecule has 1 spiro atoms. The molecule has 0 radical (unpaired) electrons. The molecular formula is C37H45N3O7. The average Bonchev–Trinajstić information content (AvgIpc) is 3.73. The van der Waals surface area contributed by atoms with E-state index in [1.807, 2.05) is 74.5 Å².